The molecular weight excluding hydrogens is 428 g/mol. The molecule has 170 valence electrons. The molecule has 0 spiro atoms. The largest absolute Gasteiger partial charge is 0.331 e. The van der Waals surface area contributed by atoms with Crippen LogP contribution in [-0.2, 0) is 16.4 Å². The number of sulfone groups is 1. The number of aromatic nitrogens is 3. The van der Waals surface area contributed by atoms with Crippen LogP contribution in [0.2, 0.25) is 0 Å². The molecule has 2 fully saturated rings. The van der Waals surface area contributed by atoms with Crippen molar-refractivity contribution < 1.29 is 13.2 Å². The number of rotatable bonds is 5. The Kier molecular flexibility index (Phi) is 5.11. The van der Waals surface area contributed by atoms with Gasteiger partial charge in [0.2, 0.25) is 0 Å². The van der Waals surface area contributed by atoms with E-state index in [-0.39, 0.29) is 28.8 Å². The van der Waals surface area contributed by atoms with E-state index in [0.717, 1.165) is 25.7 Å². The third kappa shape index (κ3) is 3.34. The van der Waals surface area contributed by atoms with Crippen LogP contribution in [0, 0.1) is 0 Å². The second kappa shape index (κ2) is 7.72. The van der Waals surface area contributed by atoms with Gasteiger partial charge >= 0.3 is 0 Å². The summed E-state index contributed by atoms with van der Waals surface area (Å²) in [5, 5.41) is 0.0538. The molecule has 1 amide bonds. The first-order valence-corrected chi connectivity index (χ1v) is 13.3. The van der Waals surface area contributed by atoms with E-state index in [2.05, 4.69) is 6.92 Å². The fourth-order valence-corrected chi connectivity index (χ4v) is 6.56. The molecule has 3 aromatic rings. The highest BCUT2D eigenvalue weighted by Gasteiger charge is 2.46. The maximum absolute atomic E-state index is 13.8. The van der Waals surface area contributed by atoms with Gasteiger partial charge in [0.1, 0.15) is 26.8 Å². The third-order valence-corrected chi connectivity index (χ3v) is 8.66. The van der Waals surface area contributed by atoms with Crippen LogP contribution in [0.3, 0.4) is 0 Å². The number of aryl methyl sites for hydroxylation is 1. The minimum atomic E-state index is -3.13. The van der Waals surface area contributed by atoms with E-state index in [0.29, 0.717) is 41.8 Å². The van der Waals surface area contributed by atoms with Crippen molar-refractivity contribution in [3.63, 3.8) is 0 Å². The summed E-state index contributed by atoms with van der Waals surface area (Å²) in [6, 6.07) is 6.94. The first kappa shape index (κ1) is 21.2. The summed E-state index contributed by atoms with van der Waals surface area (Å²) in [6.45, 7) is 2.69. The molecule has 2 saturated heterocycles. The first-order valence-electron chi connectivity index (χ1n) is 11.3. The van der Waals surface area contributed by atoms with Gasteiger partial charge in [-0.25, -0.2) is 13.4 Å². The van der Waals surface area contributed by atoms with Crippen LogP contribution < -0.4 is 5.56 Å². The fourth-order valence-electron chi connectivity index (χ4n) is 5.41. The Hall–Kier alpha value is -2.68. The van der Waals surface area contributed by atoms with Gasteiger partial charge in [0.15, 0.2) is 0 Å². The lowest BCUT2D eigenvalue weighted by Gasteiger charge is -2.38. The van der Waals surface area contributed by atoms with Crippen molar-refractivity contribution in [2.24, 2.45) is 0 Å². The number of amides is 1. The van der Waals surface area contributed by atoms with Crippen molar-refractivity contribution in [1.82, 2.24) is 18.9 Å². The minimum Gasteiger partial charge on any atom is -0.331 e. The van der Waals surface area contributed by atoms with E-state index < -0.39 is 9.84 Å². The van der Waals surface area contributed by atoms with Gasteiger partial charge in [-0.1, -0.05) is 19.4 Å². The SMILES string of the molecule is CCCCn1c(C(=O)N2C3CCC2CC(S(C)(=O)=O)C3)cc2c(=O)n3ccccc3nc21. The first-order chi connectivity index (χ1) is 15.3. The molecule has 0 aliphatic carbocycles. The number of nitrogens with zero attached hydrogens (tertiary/aromatic N) is 4. The van der Waals surface area contributed by atoms with Crippen molar-refractivity contribution in [2.75, 3.05) is 6.26 Å². The maximum atomic E-state index is 13.8. The lowest BCUT2D eigenvalue weighted by Crippen LogP contribution is -2.50. The molecule has 0 radical (unpaired) electrons. The molecule has 2 aliphatic heterocycles. The normalized spacial score (nSPS) is 23.3. The smallest absolute Gasteiger partial charge is 0.271 e. The molecule has 5 heterocycles. The highest BCUT2D eigenvalue weighted by atomic mass is 32.2. The van der Waals surface area contributed by atoms with E-state index in [1.165, 1.54) is 10.7 Å². The lowest BCUT2D eigenvalue weighted by atomic mass is 10.0. The van der Waals surface area contributed by atoms with Gasteiger partial charge in [-0.3, -0.25) is 14.0 Å². The standard InChI is InChI=1S/C23H28N4O4S/c1-3-4-10-25-19(14-18-21(25)24-20-7-5-6-11-26(20)22(18)28)23(29)27-15-8-9-16(27)13-17(12-15)32(2,30)31/h5-7,11,14-17H,3-4,8-10,12-13H2,1-2H3. The molecule has 2 atom stereocenters. The van der Waals surface area contributed by atoms with Gasteiger partial charge < -0.3 is 9.47 Å². The van der Waals surface area contributed by atoms with E-state index in [1.807, 2.05) is 15.5 Å². The maximum Gasteiger partial charge on any atom is 0.271 e. The zero-order valence-electron chi connectivity index (χ0n) is 18.4. The van der Waals surface area contributed by atoms with Crippen LogP contribution in [0.5, 0.6) is 0 Å². The Morgan fingerprint density at radius 2 is 1.91 bits per heavy atom. The topological polar surface area (TPSA) is 93.8 Å². The monoisotopic (exact) mass is 456 g/mol. The average molecular weight is 457 g/mol. The Morgan fingerprint density at radius 3 is 2.56 bits per heavy atom. The second-order valence-corrected chi connectivity index (χ2v) is 11.5. The van der Waals surface area contributed by atoms with Gasteiger partial charge in [-0.2, -0.15) is 0 Å². The Morgan fingerprint density at radius 1 is 1.19 bits per heavy atom. The summed E-state index contributed by atoms with van der Waals surface area (Å²) in [7, 11) is -3.13. The van der Waals surface area contributed by atoms with Crippen LogP contribution in [0.15, 0.2) is 35.3 Å². The van der Waals surface area contributed by atoms with Gasteiger partial charge in [0.05, 0.1) is 10.6 Å². The molecule has 3 aromatic heterocycles. The quantitative estimate of drug-likeness (QED) is 0.588. The zero-order valence-corrected chi connectivity index (χ0v) is 19.2. The molecule has 2 aliphatic rings. The lowest BCUT2D eigenvalue weighted by molar-refractivity contribution is 0.0587. The van der Waals surface area contributed by atoms with Crippen molar-refractivity contribution in [3.8, 4) is 0 Å². The number of carbonyl (C=O) groups excluding carboxylic acids is 1. The van der Waals surface area contributed by atoms with Gasteiger partial charge in [-0.05, 0) is 50.3 Å². The van der Waals surface area contributed by atoms with Crippen LogP contribution in [-0.4, -0.2) is 56.8 Å². The van der Waals surface area contributed by atoms with Crippen LogP contribution in [0.1, 0.15) is 55.9 Å². The summed E-state index contributed by atoms with van der Waals surface area (Å²) < 4.78 is 27.7. The van der Waals surface area contributed by atoms with Crippen molar-refractivity contribution in [3.05, 3.63) is 46.5 Å². The molecule has 2 bridgehead atoms. The van der Waals surface area contributed by atoms with Crippen molar-refractivity contribution in [1.29, 1.82) is 0 Å². The second-order valence-electron chi connectivity index (χ2n) is 9.14. The average Bonchev–Trinajstić information content (AvgIpc) is 3.25. The van der Waals surface area contributed by atoms with Crippen LogP contribution >= 0.6 is 0 Å². The highest BCUT2D eigenvalue weighted by molar-refractivity contribution is 7.91. The number of hydrogen-bond donors (Lipinski definition) is 0. The summed E-state index contributed by atoms with van der Waals surface area (Å²) in [5.74, 6) is -0.119. The van der Waals surface area contributed by atoms with Gasteiger partial charge in [-0.15, -0.1) is 0 Å². The Labute approximate surface area is 186 Å². The highest BCUT2D eigenvalue weighted by Crippen LogP contribution is 2.39. The minimum absolute atomic E-state index is 0.0771. The Balaban J connectivity index is 1.60. The fraction of sp³-hybridized carbons (Fsp3) is 0.522. The number of pyridine rings is 1. The number of fused-ring (bicyclic) bond motifs is 4. The number of unbranched alkanes of at least 4 members (excludes halogenated alkanes) is 1. The molecule has 0 aromatic carbocycles. The number of piperidine rings is 1. The zero-order chi connectivity index (χ0) is 22.6. The molecule has 0 N–H and O–H groups in total. The predicted molar refractivity (Wildman–Crippen MR) is 123 cm³/mol. The molecule has 2 unspecified atom stereocenters. The Bertz CT molecular complexity index is 1360. The third-order valence-electron chi connectivity index (χ3n) is 7.06. The van der Waals surface area contributed by atoms with E-state index in [4.69, 9.17) is 4.98 Å². The molecule has 9 heteroatoms. The van der Waals surface area contributed by atoms with Gasteiger partial charge in [0, 0.05) is 31.1 Å². The summed E-state index contributed by atoms with van der Waals surface area (Å²) in [4.78, 5) is 33.5. The predicted octanol–water partition coefficient (Wildman–Crippen LogP) is 2.63. The summed E-state index contributed by atoms with van der Waals surface area (Å²) in [5.41, 5.74) is 1.38. The molecule has 32 heavy (non-hydrogen) atoms. The number of carbonyl (C=O) groups is 1. The van der Waals surface area contributed by atoms with E-state index in [1.54, 1.807) is 24.4 Å². The van der Waals surface area contributed by atoms with Crippen LogP contribution in [0.4, 0.5) is 0 Å². The summed E-state index contributed by atoms with van der Waals surface area (Å²) in [6.07, 6.45) is 7.41. The van der Waals surface area contributed by atoms with E-state index in [9.17, 15) is 18.0 Å². The van der Waals surface area contributed by atoms with Crippen LogP contribution in [0.25, 0.3) is 16.7 Å². The summed E-state index contributed by atoms with van der Waals surface area (Å²) >= 11 is 0. The van der Waals surface area contributed by atoms with E-state index >= 15 is 0 Å². The molecule has 5 rings (SSSR count). The molecule has 8 nitrogen and oxygen atoms in total. The molecule has 0 saturated carbocycles. The van der Waals surface area contributed by atoms with Gasteiger partial charge in [0.25, 0.3) is 11.5 Å². The molecular formula is C23H28N4O4S. The van der Waals surface area contributed by atoms with Crippen molar-refractivity contribution in [2.45, 2.75) is 69.3 Å². The van der Waals surface area contributed by atoms with Crippen molar-refractivity contribution >= 4 is 32.4 Å². The number of hydrogen-bond acceptors (Lipinski definition) is 5.